The summed E-state index contributed by atoms with van der Waals surface area (Å²) in [6.07, 6.45) is 0. The molecule has 0 aromatic heterocycles. The third-order valence-corrected chi connectivity index (χ3v) is 1.84. The number of rotatable bonds is 2. The van der Waals surface area contributed by atoms with E-state index in [4.69, 9.17) is 16.3 Å². The molecule has 70 valence electrons. The van der Waals surface area contributed by atoms with E-state index in [9.17, 15) is 0 Å². The monoisotopic (exact) mass is 179 g/mol. The second-order valence-electron chi connectivity index (χ2n) is 2.67. The largest absolute Gasteiger partial charge is 0.497 e. The van der Waals surface area contributed by atoms with Gasteiger partial charge in [-0.2, -0.15) is 5.10 Å². The van der Waals surface area contributed by atoms with Gasteiger partial charge in [0, 0.05) is 11.3 Å². The van der Waals surface area contributed by atoms with Crippen molar-refractivity contribution in [3.8, 4) is 5.75 Å². The van der Waals surface area contributed by atoms with Gasteiger partial charge in [-0.1, -0.05) is 0 Å². The van der Waals surface area contributed by atoms with Gasteiger partial charge in [0.15, 0.2) is 0 Å². The van der Waals surface area contributed by atoms with Crippen LogP contribution in [0.4, 0.5) is 5.69 Å². The highest BCUT2D eigenvalue weighted by Crippen LogP contribution is 2.19. The summed E-state index contributed by atoms with van der Waals surface area (Å²) in [5, 5.41) is 3.58. The maximum absolute atomic E-state index is 5.73. The summed E-state index contributed by atoms with van der Waals surface area (Å²) in [6, 6.07) is 5.37. The molecule has 0 bridgehead atoms. The van der Waals surface area contributed by atoms with Crippen LogP contribution in [-0.4, -0.2) is 12.8 Å². The molecule has 0 unspecified atom stereocenters. The number of hydrazone groups is 1. The molecule has 13 heavy (non-hydrogen) atoms. The van der Waals surface area contributed by atoms with Crippen molar-refractivity contribution in [3.05, 3.63) is 23.8 Å². The van der Waals surface area contributed by atoms with Crippen LogP contribution in [-0.2, 0) is 0 Å². The van der Waals surface area contributed by atoms with Gasteiger partial charge in [-0.3, -0.25) is 0 Å². The predicted molar refractivity (Wildman–Crippen MR) is 53.8 cm³/mol. The van der Waals surface area contributed by atoms with Crippen LogP contribution in [0.2, 0.25) is 0 Å². The number of nitrogens with two attached hydrogens (primary N) is 2. The Kier molecular flexibility index (Phi) is 2.74. The number of nitrogens with zero attached hydrogens (tertiary/aromatic N) is 1. The SMILES string of the molecule is COc1ccc(N)c(/C(C)=N/N)c1. The molecule has 0 saturated heterocycles. The number of methoxy groups -OCH3 is 1. The lowest BCUT2D eigenvalue weighted by atomic mass is 10.1. The molecule has 0 fully saturated rings. The van der Waals surface area contributed by atoms with Crippen LogP contribution in [0, 0.1) is 0 Å². The summed E-state index contributed by atoms with van der Waals surface area (Å²) in [5.41, 5.74) is 7.87. The van der Waals surface area contributed by atoms with Gasteiger partial charge in [-0.15, -0.1) is 0 Å². The Morgan fingerprint density at radius 3 is 2.69 bits per heavy atom. The molecule has 0 radical (unpaired) electrons. The lowest BCUT2D eigenvalue weighted by molar-refractivity contribution is 0.415. The standard InChI is InChI=1S/C9H13N3O/c1-6(12-11)8-5-7(13-2)3-4-9(8)10/h3-5H,10-11H2,1-2H3/b12-6+. The highest BCUT2D eigenvalue weighted by molar-refractivity contribution is 6.03. The van der Waals surface area contributed by atoms with E-state index in [1.165, 1.54) is 0 Å². The average molecular weight is 179 g/mol. The van der Waals surface area contributed by atoms with Crippen molar-refractivity contribution in [2.45, 2.75) is 6.92 Å². The Morgan fingerprint density at radius 1 is 1.46 bits per heavy atom. The number of nitrogen functional groups attached to an aromatic ring is 1. The molecule has 1 aromatic rings. The highest BCUT2D eigenvalue weighted by atomic mass is 16.5. The van der Waals surface area contributed by atoms with Gasteiger partial charge in [0.1, 0.15) is 5.75 Å². The summed E-state index contributed by atoms with van der Waals surface area (Å²) < 4.78 is 5.05. The molecule has 0 atom stereocenters. The maximum Gasteiger partial charge on any atom is 0.119 e. The number of hydrogen-bond acceptors (Lipinski definition) is 4. The Morgan fingerprint density at radius 2 is 2.15 bits per heavy atom. The molecular weight excluding hydrogens is 166 g/mol. The molecule has 0 aliphatic heterocycles. The predicted octanol–water partition coefficient (Wildman–Crippen LogP) is 0.960. The molecule has 1 rings (SSSR count). The first-order valence-corrected chi connectivity index (χ1v) is 3.87. The van der Waals surface area contributed by atoms with Gasteiger partial charge in [0.2, 0.25) is 0 Å². The van der Waals surface area contributed by atoms with Crippen molar-refractivity contribution < 1.29 is 4.74 Å². The zero-order chi connectivity index (χ0) is 9.84. The summed E-state index contributed by atoms with van der Waals surface area (Å²) in [7, 11) is 1.60. The van der Waals surface area contributed by atoms with Crippen LogP contribution in [0.3, 0.4) is 0 Å². The van der Waals surface area contributed by atoms with E-state index in [-0.39, 0.29) is 0 Å². The Labute approximate surface area is 77.2 Å². The van der Waals surface area contributed by atoms with Crippen molar-refractivity contribution in [2.24, 2.45) is 10.9 Å². The van der Waals surface area contributed by atoms with Gasteiger partial charge >= 0.3 is 0 Å². The van der Waals surface area contributed by atoms with Crippen molar-refractivity contribution in [1.29, 1.82) is 0 Å². The third-order valence-electron chi connectivity index (χ3n) is 1.84. The minimum Gasteiger partial charge on any atom is -0.497 e. The van der Waals surface area contributed by atoms with E-state index in [0.717, 1.165) is 11.3 Å². The summed E-state index contributed by atoms with van der Waals surface area (Å²) >= 11 is 0. The van der Waals surface area contributed by atoms with E-state index in [2.05, 4.69) is 5.10 Å². The first kappa shape index (κ1) is 9.38. The summed E-state index contributed by atoms with van der Waals surface area (Å²) in [6.45, 7) is 1.80. The molecule has 0 heterocycles. The third kappa shape index (κ3) is 1.90. The fourth-order valence-electron chi connectivity index (χ4n) is 1.05. The van der Waals surface area contributed by atoms with Gasteiger partial charge in [-0.25, -0.2) is 0 Å². The molecule has 4 heteroatoms. The number of ether oxygens (including phenoxy) is 1. The highest BCUT2D eigenvalue weighted by Gasteiger charge is 2.03. The Hall–Kier alpha value is -1.71. The van der Waals surface area contributed by atoms with Gasteiger partial charge in [-0.05, 0) is 25.1 Å². The molecular formula is C9H13N3O. The second-order valence-corrected chi connectivity index (χ2v) is 2.67. The fraction of sp³-hybridized carbons (Fsp3) is 0.222. The van der Waals surface area contributed by atoms with Crippen LogP contribution in [0.25, 0.3) is 0 Å². The topological polar surface area (TPSA) is 73.6 Å². The zero-order valence-electron chi connectivity index (χ0n) is 7.74. The molecule has 1 aromatic carbocycles. The van der Waals surface area contributed by atoms with Crippen molar-refractivity contribution in [1.82, 2.24) is 0 Å². The molecule has 0 saturated carbocycles. The normalized spacial score (nSPS) is 11.4. The molecule has 0 aliphatic rings. The number of anilines is 1. The smallest absolute Gasteiger partial charge is 0.119 e. The molecule has 0 spiro atoms. The van der Waals surface area contributed by atoms with Crippen LogP contribution < -0.4 is 16.3 Å². The summed E-state index contributed by atoms with van der Waals surface area (Å²) in [4.78, 5) is 0. The molecule has 0 amide bonds. The van der Waals surface area contributed by atoms with Crippen LogP contribution in [0.15, 0.2) is 23.3 Å². The quantitative estimate of drug-likeness (QED) is 0.307. The van der Waals surface area contributed by atoms with Crippen molar-refractivity contribution in [2.75, 3.05) is 12.8 Å². The zero-order valence-corrected chi connectivity index (χ0v) is 7.74. The Balaban J connectivity index is 3.19. The van der Waals surface area contributed by atoms with E-state index < -0.39 is 0 Å². The number of benzene rings is 1. The van der Waals surface area contributed by atoms with Gasteiger partial charge in [0.05, 0.1) is 12.8 Å². The maximum atomic E-state index is 5.73. The van der Waals surface area contributed by atoms with Crippen molar-refractivity contribution >= 4 is 11.4 Å². The van der Waals surface area contributed by atoms with Crippen LogP contribution in [0.5, 0.6) is 5.75 Å². The molecule has 4 nitrogen and oxygen atoms in total. The molecule has 4 N–H and O–H groups in total. The van der Waals surface area contributed by atoms with Gasteiger partial charge < -0.3 is 16.3 Å². The second kappa shape index (κ2) is 3.80. The van der Waals surface area contributed by atoms with E-state index in [1.54, 1.807) is 32.2 Å². The lowest BCUT2D eigenvalue weighted by Gasteiger charge is -2.06. The van der Waals surface area contributed by atoms with E-state index in [1.807, 2.05) is 0 Å². The van der Waals surface area contributed by atoms with Crippen LogP contribution >= 0.6 is 0 Å². The van der Waals surface area contributed by atoms with Gasteiger partial charge in [0.25, 0.3) is 0 Å². The van der Waals surface area contributed by atoms with E-state index >= 15 is 0 Å². The lowest BCUT2D eigenvalue weighted by Crippen LogP contribution is -2.03. The number of hydrogen-bond donors (Lipinski definition) is 2. The first-order chi connectivity index (χ1) is 6.19. The van der Waals surface area contributed by atoms with E-state index in [0.29, 0.717) is 11.4 Å². The Bertz CT molecular complexity index is 334. The summed E-state index contributed by atoms with van der Waals surface area (Å²) in [5.74, 6) is 5.90. The minimum atomic E-state index is 0.646. The fourth-order valence-corrected chi connectivity index (χ4v) is 1.05. The van der Waals surface area contributed by atoms with Crippen LogP contribution in [0.1, 0.15) is 12.5 Å². The first-order valence-electron chi connectivity index (χ1n) is 3.87. The minimum absolute atomic E-state index is 0.646. The molecule has 0 aliphatic carbocycles. The van der Waals surface area contributed by atoms with Crippen molar-refractivity contribution in [3.63, 3.8) is 0 Å². The average Bonchev–Trinajstić information content (AvgIpc) is 2.17.